The molecule has 2 N–H and O–H groups in total. The van der Waals surface area contributed by atoms with E-state index in [2.05, 4.69) is 19.8 Å². The number of carbonyl (C=O) groups is 1. The predicted octanol–water partition coefficient (Wildman–Crippen LogP) is 1.23. The molecule has 0 aliphatic rings. The molecule has 0 saturated heterocycles. The van der Waals surface area contributed by atoms with Gasteiger partial charge in [0.2, 0.25) is 5.91 Å². The van der Waals surface area contributed by atoms with Crippen LogP contribution in [0.15, 0.2) is 0 Å². The van der Waals surface area contributed by atoms with Gasteiger partial charge in [-0.3, -0.25) is 4.79 Å². The van der Waals surface area contributed by atoms with Crippen LogP contribution in [0.3, 0.4) is 0 Å². The summed E-state index contributed by atoms with van der Waals surface area (Å²) >= 11 is 0. The van der Waals surface area contributed by atoms with Gasteiger partial charge in [-0.25, -0.2) is 0 Å². The standard InChI is InChI=1S/C12H22N2O/c1-5-6-7-12(15)14(4)9-8-11(13)10(2)3/h1,10-11H,6-9,13H2,2-4H3. The van der Waals surface area contributed by atoms with Crippen LogP contribution in [0.25, 0.3) is 0 Å². The summed E-state index contributed by atoms with van der Waals surface area (Å²) in [4.78, 5) is 13.2. The van der Waals surface area contributed by atoms with E-state index in [-0.39, 0.29) is 11.9 Å². The number of hydrogen-bond donors (Lipinski definition) is 1. The zero-order valence-corrected chi connectivity index (χ0v) is 9.99. The lowest BCUT2D eigenvalue weighted by molar-refractivity contribution is -0.129. The molecule has 0 bridgehead atoms. The second-order valence-electron chi connectivity index (χ2n) is 4.22. The first-order valence-corrected chi connectivity index (χ1v) is 5.42. The fourth-order valence-corrected chi connectivity index (χ4v) is 1.17. The molecule has 0 saturated carbocycles. The Bertz CT molecular complexity index is 230. The maximum Gasteiger partial charge on any atom is 0.223 e. The van der Waals surface area contributed by atoms with Crippen LogP contribution < -0.4 is 5.73 Å². The van der Waals surface area contributed by atoms with Crippen molar-refractivity contribution in [3.63, 3.8) is 0 Å². The van der Waals surface area contributed by atoms with E-state index in [9.17, 15) is 4.79 Å². The second-order valence-corrected chi connectivity index (χ2v) is 4.22. The molecule has 0 spiro atoms. The summed E-state index contributed by atoms with van der Waals surface area (Å²) in [5.74, 6) is 3.02. The van der Waals surface area contributed by atoms with Gasteiger partial charge in [-0.05, 0) is 12.3 Å². The van der Waals surface area contributed by atoms with Crippen molar-refractivity contribution in [1.82, 2.24) is 4.90 Å². The fraction of sp³-hybridized carbons (Fsp3) is 0.750. The maximum absolute atomic E-state index is 11.5. The summed E-state index contributed by atoms with van der Waals surface area (Å²) in [6.45, 7) is 4.89. The summed E-state index contributed by atoms with van der Waals surface area (Å²) < 4.78 is 0. The van der Waals surface area contributed by atoms with Gasteiger partial charge in [0, 0.05) is 32.5 Å². The number of hydrogen-bond acceptors (Lipinski definition) is 2. The zero-order valence-electron chi connectivity index (χ0n) is 9.99. The predicted molar refractivity (Wildman–Crippen MR) is 63.1 cm³/mol. The molecule has 0 fully saturated rings. The molecule has 1 amide bonds. The Morgan fingerprint density at radius 2 is 2.13 bits per heavy atom. The summed E-state index contributed by atoms with van der Waals surface area (Å²) in [5, 5.41) is 0. The van der Waals surface area contributed by atoms with Gasteiger partial charge < -0.3 is 10.6 Å². The number of amides is 1. The molecule has 1 atom stereocenters. The Kier molecular flexibility index (Phi) is 6.81. The SMILES string of the molecule is C#CCCC(=O)N(C)CCC(N)C(C)C. The van der Waals surface area contributed by atoms with E-state index in [1.165, 1.54) is 0 Å². The number of nitrogens with two attached hydrogens (primary N) is 1. The largest absolute Gasteiger partial charge is 0.346 e. The molecule has 0 heterocycles. The first kappa shape index (κ1) is 14.0. The summed E-state index contributed by atoms with van der Waals surface area (Å²) in [5.41, 5.74) is 5.89. The van der Waals surface area contributed by atoms with Crippen molar-refractivity contribution in [3.8, 4) is 12.3 Å². The van der Waals surface area contributed by atoms with Gasteiger partial charge in [0.15, 0.2) is 0 Å². The van der Waals surface area contributed by atoms with E-state index >= 15 is 0 Å². The minimum atomic E-state index is 0.101. The van der Waals surface area contributed by atoms with E-state index in [1.807, 2.05) is 0 Å². The van der Waals surface area contributed by atoms with Crippen molar-refractivity contribution in [1.29, 1.82) is 0 Å². The Morgan fingerprint density at radius 3 is 2.60 bits per heavy atom. The van der Waals surface area contributed by atoms with Crippen LogP contribution in [0.1, 0.15) is 33.1 Å². The zero-order chi connectivity index (χ0) is 11.8. The summed E-state index contributed by atoms with van der Waals surface area (Å²) in [6.07, 6.45) is 6.89. The van der Waals surface area contributed by atoms with Crippen molar-refractivity contribution in [2.24, 2.45) is 11.7 Å². The number of nitrogens with zero attached hydrogens (tertiary/aromatic N) is 1. The number of terminal acetylenes is 1. The monoisotopic (exact) mass is 210 g/mol. The summed E-state index contributed by atoms with van der Waals surface area (Å²) in [7, 11) is 1.80. The lowest BCUT2D eigenvalue weighted by Crippen LogP contribution is -2.34. The second kappa shape index (κ2) is 7.30. The molecule has 1 unspecified atom stereocenters. The average Bonchev–Trinajstić information content (AvgIpc) is 2.21. The first-order chi connectivity index (χ1) is 6.99. The van der Waals surface area contributed by atoms with Crippen molar-refractivity contribution in [3.05, 3.63) is 0 Å². The highest BCUT2D eigenvalue weighted by Crippen LogP contribution is 2.04. The normalized spacial score (nSPS) is 12.3. The molecule has 0 aliphatic heterocycles. The summed E-state index contributed by atoms with van der Waals surface area (Å²) in [6, 6.07) is 0.160. The Hall–Kier alpha value is -1.01. The third-order valence-electron chi connectivity index (χ3n) is 2.56. The highest BCUT2D eigenvalue weighted by molar-refractivity contribution is 5.76. The van der Waals surface area contributed by atoms with E-state index in [0.29, 0.717) is 25.3 Å². The van der Waals surface area contributed by atoms with Crippen LogP contribution in [-0.2, 0) is 4.79 Å². The topological polar surface area (TPSA) is 46.3 Å². The molecule has 15 heavy (non-hydrogen) atoms. The minimum Gasteiger partial charge on any atom is -0.346 e. The minimum absolute atomic E-state index is 0.101. The third-order valence-corrected chi connectivity index (χ3v) is 2.56. The average molecular weight is 210 g/mol. The highest BCUT2D eigenvalue weighted by Gasteiger charge is 2.11. The smallest absolute Gasteiger partial charge is 0.223 e. The third kappa shape index (κ3) is 6.14. The lowest BCUT2D eigenvalue weighted by atomic mass is 10.0. The molecule has 0 aromatic rings. The Balaban J connectivity index is 3.78. The molecule has 0 radical (unpaired) electrons. The van der Waals surface area contributed by atoms with Gasteiger partial charge in [0.1, 0.15) is 0 Å². The van der Waals surface area contributed by atoms with Crippen LogP contribution in [-0.4, -0.2) is 30.4 Å². The first-order valence-electron chi connectivity index (χ1n) is 5.42. The van der Waals surface area contributed by atoms with Crippen molar-refractivity contribution in [2.75, 3.05) is 13.6 Å². The van der Waals surface area contributed by atoms with Crippen LogP contribution in [0.4, 0.5) is 0 Å². The van der Waals surface area contributed by atoms with Gasteiger partial charge in [-0.2, -0.15) is 0 Å². The van der Waals surface area contributed by atoms with Gasteiger partial charge in [-0.15, -0.1) is 12.3 Å². The molecule has 0 aromatic heterocycles. The van der Waals surface area contributed by atoms with Crippen LogP contribution in [0.5, 0.6) is 0 Å². The molecule has 0 aliphatic carbocycles. The number of carbonyl (C=O) groups excluding carboxylic acids is 1. The molecular weight excluding hydrogens is 188 g/mol. The number of rotatable bonds is 6. The van der Waals surface area contributed by atoms with Crippen molar-refractivity contribution >= 4 is 5.91 Å². The fourth-order valence-electron chi connectivity index (χ4n) is 1.17. The lowest BCUT2D eigenvalue weighted by Gasteiger charge is -2.21. The van der Waals surface area contributed by atoms with E-state index in [1.54, 1.807) is 11.9 Å². The maximum atomic E-state index is 11.5. The van der Waals surface area contributed by atoms with E-state index in [4.69, 9.17) is 12.2 Å². The van der Waals surface area contributed by atoms with Crippen LogP contribution in [0, 0.1) is 18.3 Å². The van der Waals surface area contributed by atoms with E-state index in [0.717, 1.165) is 6.42 Å². The molecule has 3 nitrogen and oxygen atoms in total. The molecule has 86 valence electrons. The van der Waals surface area contributed by atoms with Gasteiger partial charge in [0.25, 0.3) is 0 Å². The Morgan fingerprint density at radius 1 is 1.53 bits per heavy atom. The quantitative estimate of drug-likeness (QED) is 0.670. The molecule has 3 heteroatoms. The molecular formula is C12H22N2O. The van der Waals surface area contributed by atoms with Gasteiger partial charge >= 0.3 is 0 Å². The van der Waals surface area contributed by atoms with E-state index < -0.39 is 0 Å². The van der Waals surface area contributed by atoms with Crippen molar-refractivity contribution in [2.45, 2.75) is 39.2 Å². The Labute approximate surface area is 93.0 Å². The van der Waals surface area contributed by atoms with Crippen LogP contribution >= 0.6 is 0 Å². The highest BCUT2D eigenvalue weighted by atomic mass is 16.2. The van der Waals surface area contributed by atoms with Gasteiger partial charge in [-0.1, -0.05) is 13.8 Å². The van der Waals surface area contributed by atoms with Crippen molar-refractivity contribution < 1.29 is 4.79 Å². The molecule has 0 aromatic carbocycles. The van der Waals surface area contributed by atoms with Gasteiger partial charge in [0.05, 0.1) is 0 Å². The van der Waals surface area contributed by atoms with Crippen LogP contribution in [0.2, 0.25) is 0 Å². The molecule has 0 rings (SSSR count).